The van der Waals surface area contributed by atoms with Gasteiger partial charge in [0.15, 0.2) is 9.56 Å². The Labute approximate surface area is 87.4 Å². The number of nitrogens with zero attached hydrogens (tertiary/aromatic N) is 3. The van der Waals surface area contributed by atoms with Gasteiger partial charge in [0.2, 0.25) is 0 Å². The molecule has 1 aliphatic rings. The van der Waals surface area contributed by atoms with Crippen LogP contribution in [-0.2, 0) is 0 Å². The lowest BCUT2D eigenvalue weighted by atomic mass is 10.4. The summed E-state index contributed by atoms with van der Waals surface area (Å²) in [5.74, 6) is 1.56. The smallest absolute Gasteiger partial charge is 0.175 e. The zero-order chi connectivity index (χ0) is 8.84. The van der Waals surface area contributed by atoms with Crippen LogP contribution in [0, 0.1) is 0 Å². The molecule has 3 nitrogen and oxygen atoms in total. The van der Waals surface area contributed by atoms with Crippen LogP contribution in [0.15, 0.2) is 10.1 Å². The fourth-order valence-electron chi connectivity index (χ4n) is 1.26. The van der Waals surface area contributed by atoms with E-state index in [0.717, 1.165) is 20.1 Å². The topological polar surface area (TPSA) is 38.7 Å². The lowest BCUT2D eigenvalue weighted by Gasteiger charge is -1.93. The second kappa shape index (κ2) is 2.72. The van der Waals surface area contributed by atoms with Crippen molar-refractivity contribution in [3.05, 3.63) is 15.9 Å². The molecular formula is C8H6BrN3S. The molecule has 0 bridgehead atoms. The molecular weight excluding hydrogens is 250 g/mol. The summed E-state index contributed by atoms with van der Waals surface area (Å²) in [5, 5.41) is 0. The Morgan fingerprint density at radius 1 is 1.38 bits per heavy atom. The van der Waals surface area contributed by atoms with Gasteiger partial charge in [-0.2, -0.15) is 0 Å². The van der Waals surface area contributed by atoms with Crippen molar-refractivity contribution >= 4 is 37.6 Å². The standard InChI is InChI=1S/C8H6BrN3S/c9-8-12-7-5(13-8)3-10-6(11-7)4-1-2-4/h3-4H,1-2H2. The van der Waals surface area contributed by atoms with Crippen LogP contribution in [0.25, 0.3) is 10.3 Å². The van der Waals surface area contributed by atoms with E-state index in [0.29, 0.717) is 5.92 Å². The van der Waals surface area contributed by atoms with Gasteiger partial charge in [-0.15, -0.1) is 11.3 Å². The minimum absolute atomic E-state index is 0.602. The lowest BCUT2D eigenvalue weighted by Crippen LogP contribution is -1.90. The molecule has 3 rings (SSSR count). The number of hydrogen-bond acceptors (Lipinski definition) is 4. The van der Waals surface area contributed by atoms with Gasteiger partial charge in [0.1, 0.15) is 5.82 Å². The predicted molar refractivity (Wildman–Crippen MR) is 54.9 cm³/mol. The third-order valence-corrected chi connectivity index (χ3v) is 3.52. The van der Waals surface area contributed by atoms with Crippen molar-refractivity contribution in [1.82, 2.24) is 15.0 Å². The summed E-state index contributed by atoms with van der Waals surface area (Å²) in [7, 11) is 0. The molecule has 0 atom stereocenters. The summed E-state index contributed by atoms with van der Waals surface area (Å²) in [5.41, 5.74) is 0.828. The van der Waals surface area contributed by atoms with Crippen molar-refractivity contribution < 1.29 is 0 Å². The fraction of sp³-hybridized carbons (Fsp3) is 0.375. The highest BCUT2D eigenvalue weighted by Gasteiger charge is 2.26. The normalized spacial score (nSPS) is 16.7. The summed E-state index contributed by atoms with van der Waals surface area (Å²) in [6.45, 7) is 0. The Morgan fingerprint density at radius 3 is 3.00 bits per heavy atom. The van der Waals surface area contributed by atoms with Gasteiger partial charge < -0.3 is 0 Å². The van der Waals surface area contributed by atoms with E-state index < -0.39 is 0 Å². The van der Waals surface area contributed by atoms with Crippen molar-refractivity contribution in [2.45, 2.75) is 18.8 Å². The SMILES string of the molecule is Brc1nc2nc(C3CC3)ncc2s1. The largest absolute Gasteiger partial charge is 0.239 e. The second-order valence-electron chi connectivity index (χ2n) is 3.16. The first-order valence-corrected chi connectivity index (χ1v) is 5.73. The average molecular weight is 256 g/mol. The third kappa shape index (κ3) is 1.36. The van der Waals surface area contributed by atoms with E-state index in [2.05, 4.69) is 30.9 Å². The monoisotopic (exact) mass is 255 g/mol. The van der Waals surface area contributed by atoms with E-state index in [9.17, 15) is 0 Å². The van der Waals surface area contributed by atoms with Gasteiger partial charge in [-0.3, -0.25) is 0 Å². The maximum Gasteiger partial charge on any atom is 0.175 e. The van der Waals surface area contributed by atoms with Crippen molar-refractivity contribution in [2.24, 2.45) is 0 Å². The molecule has 2 aromatic rings. The minimum atomic E-state index is 0.602. The van der Waals surface area contributed by atoms with Crippen LogP contribution in [0.5, 0.6) is 0 Å². The number of aromatic nitrogens is 3. The molecule has 0 radical (unpaired) electrons. The maximum absolute atomic E-state index is 4.42. The number of rotatable bonds is 1. The van der Waals surface area contributed by atoms with Gasteiger partial charge in [-0.05, 0) is 28.8 Å². The lowest BCUT2D eigenvalue weighted by molar-refractivity contribution is 0.943. The molecule has 2 heterocycles. The molecule has 0 amide bonds. The van der Waals surface area contributed by atoms with E-state index in [1.807, 2.05) is 6.20 Å². The Balaban J connectivity index is 2.20. The number of fused-ring (bicyclic) bond motifs is 1. The molecule has 0 unspecified atom stereocenters. The predicted octanol–water partition coefficient (Wildman–Crippen LogP) is 2.73. The molecule has 0 aliphatic heterocycles. The van der Waals surface area contributed by atoms with E-state index >= 15 is 0 Å². The Morgan fingerprint density at radius 2 is 2.23 bits per heavy atom. The highest BCUT2D eigenvalue weighted by Crippen LogP contribution is 2.38. The molecule has 0 saturated heterocycles. The molecule has 5 heteroatoms. The maximum atomic E-state index is 4.42. The average Bonchev–Trinajstić information content (AvgIpc) is 2.87. The molecule has 2 aromatic heterocycles. The molecule has 1 saturated carbocycles. The van der Waals surface area contributed by atoms with Crippen LogP contribution in [-0.4, -0.2) is 15.0 Å². The summed E-state index contributed by atoms with van der Waals surface area (Å²) in [6, 6.07) is 0. The van der Waals surface area contributed by atoms with Crippen LogP contribution in [0.4, 0.5) is 0 Å². The highest BCUT2D eigenvalue weighted by atomic mass is 79.9. The van der Waals surface area contributed by atoms with Gasteiger partial charge in [-0.1, -0.05) is 0 Å². The molecule has 0 spiro atoms. The number of hydrogen-bond donors (Lipinski definition) is 0. The molecule has 0 N–H and O–H groups in total. The third-order valence-electron chi connectivity index (χ3n) is 2.09. The minimum Gasteiger partial charge on any atom is -0.239 e. The second-order valence-corrected chi connectivity index (χ2v) is 5.46. The first kappa shape index (κ1) is 7.82. The van der Waals surface area contributed by atoms with Gasteiger partial charge in [0.05, 0.1) is 10.9 Å². The van der Waals surface area contributed by atoms with E-state index in [-0.39, 0.29) is 0 Å². The van der Waals surface area contributed by atoms with Gasteiger partial charge >= 0.3 is 0 Å². The van der Waals surface area contributed by atoms with E-state index in [1.165, 1.54) is 12.8 Å². The Bertz CT molecular complexity index is 463. The fourth-order valence-corrected chi connectivity index (χ4v) is 2.55. The summed E-state index contributed by atoms with van der Waals surface area (Å²) in [6.07, 6.45) is 4.34. The first-order valence-electron chi connectivity index (χ1n) is 4.12. The van der Waals surface area contributed by atoms with Crippen LogP contribution >= 0.6 is 27.3 Å². The van der Waals surface area contributed by atoms with Crippen molar-refractivity contribution in [2.75, 3.05) is 0 Å². The Hall–Kier alpha value is -0.550. The highest BCUT2D eigenvalue weighted by molar-refractivity contribution is 9.11. The van der Waals surface area contributed by atoms with Crippen LogP contribution in [0.2, 0.25) is 0 Å². The van der Waals surface area contributed by atoms with E-state index in [4.69, 9.17) is 0 Å². The van der Waals surface area contributed by atoms with Crippen LogP contribution < -0.4 is 0 Å². The molecule has 1 aliphatic carbocycles. The molecule has 1 fully saturated rings. The van der Waals surface area contributed by atoms with Crippen molar-refractivity contribution in [3.8, 4) is 0 Å². The van der Waals surface area contributed by atoms with Gasteiger partial charge in [-0.25, -0.2) is 15.0 Å². The molecule has 13 heavy (non-hydrogen) atoms. The summed E-state index contributed by atoms with van der Waals surface area (Å²) >= 11 is 4.91. The molecule has 0 aromatic carbocycles. The van der Waals surface area contributed by atoms with Crippen molar-refractivity contribution in [1.29, 1.82) is 0 Å². The van der Waals surface area contributed by atoms with Gasteiger partial charge in [0.25, 0.3) is 0 Å². The van der Waals surface area contributed by atoms with Gasteiger partial charge in [0, 0.05) is 5.92 Å². The first-order chi connectivity index (χ1) is 6.33. The summed E-state index contributed by atoms with van der Waals surface area (Å²) < 4.78 is 1.93. The van der Waals surface area contributed by atoms with Crippen LogP contribution in [0.1, 0.15) is 24.6 Å². The van der Waals surface area contributed by atoms with Crippen LogP contribution in [0.3, 0.4) is 0 Å². The van der Waals surface area contributed by atoms with E-state index in [1.54, 1.807) is 11.3 Å². The van der Waals surface area contributed by atoms with Crippen molar-refractivity contribution in [3.63, 3.8) is 0 Å². The summed E-state index contributed by atoms with van der Waals surface area (Å²) in [4.78, 5) is 13.0. The zero-order valence-electron chi connectivity index (χ0n) is 6.70. The molecule has 66 valence electrons. The quantitative estimate of drug-likeness (QED) is 0.787. The number of thiazole rings is 1. The number of halogens is 1. The zero-order valence-corrected chi connectivity index (χ0v) is 9.10. The Kier molecular flexibility index (Phi) is 1.63.